The molecule has 0 bridgehead atoms. The fourth-order valence-electron chi connectivity index (χ4n) is 1.76. The van der Waals surface area contributed by atoms with Crippen molar-refractivity contribution in [1.82, 2.24) is 4.98 Å². The fraction of sp³-hybridized carbons (Fsp3) is 0.545. The first-order chi connectivity index (χ1) is 7.27. The highest BCUT2D eigenvalue weighted by Crippen LogP contribution is 2.23. The molecule has 1 aliphatic heterocycles. The standard InChI is InChI=1S/C11H15ClN2O/c1-8-4-5-13-11(12)10(8)14-7-9-3-2-6-15-9/h4-5,9,14H,2-3,6-7H2,1H3. The third-order valence-corrected chi connectivity index (χ3v) is 2.93. The molecule has 82 valence electrons. The number of aryl methyl sites for hydroxylation is 1. The van der Waals surface area contributed by atoms with Crippen LogP contribution >= 0.6 is 11.6 Å². The molecule has 2 heterocycles. The summed E-state index contributed by atoms with van der Waals surface area (Å²) in [6.07, 6.45) is 4.32. The van der Waals surface area contributed by atoms with E-state index in [1.165, 1.54) is 0 Å². The normalized spacial score (nSPS) is 20.5. The lowest BCUT2D eigenvalue weighted by Crippen LogP contribution is -2.19. The summed E-state index contributed by atoms with van der Waals surface area (Å²) in [4.78, 5) is 4.05. The van der Waals surface area contributed by atoms with Gasteiger partial charge in [-0.3, -0.25) is 0 Å². The van der Waals surface area contributed by atoms with Gasteiger partial charge in [0.25, 0.3) is 0 Å². The Balaban J connectivity index is 1.97. The summed E-state index contributed by atoms with van der Waals surface area (Å²) < 4.78 is 5.53. The van der Waals surface area contributed by atoms with E-state index in [9.17, 15) is 0 Å². The first-order valence-corrected chi connectivity index (χ1v) is 5.62. The van der Waals surface area contributed by atoms with Gasteiger partial charge in [-0.25, -0.2) is 4.98 Å². The van der Waals surface area contributed by atoms with E-state index >= 15 is 0 Å². The van der Waals surface area contributed by atoms with E-state index in [1.54, 1.807) is 6.20 Å². The van der Waals surface area contributed by atoms with E-state index in [0.717, 1.165) is 37.2 Å². The van der Waals surface area contributed by atoms with Gasteiger partial charge >= 0.3 is 0 Å². The van der Waals surface area contributed by atoms with Crippen molar-refractivity contribution in [1.29, 1.82) is 0 Å². The Bertz CT molecular complexity index is 317. The highest BCUT2D eigenvalue weighted by Gasteiger charge is 2.15. The van der Waals surface area contributed by atoms with Gasteiger partial charge in [-0.1, -0.05) is 11.6 Å². The Labute approximate surface area is 94.8 Å². The molecule has 3 nitrogen and oxygen atoms in total. The first kappa shape index (κ1) is 10.7. The summed E-state index contributed by atoms with van der Waals surface area (Å²) >= 11 is 6.00. The van der Waals surface area contributed by atoms with Crippen LogP contribution < -0.4 is 5.32 Å². The Morgan fingerprint density at radius 2 is 2.53 bits per heavy atom. The number of hydrogen-bond acceptors (Lipinski definition) is 3. The second-order valence-corrected chi connectivity index (χ2v) is 4.17. The average Bonchev–Trinajstić information content (AvgIpc) is 2.70. The van der Waals surface area contributed by atoms with Crippen LogP contribution in [0.5, 0.6) is 0 Å². The van der Waals surface area contributed by atoms with Gasteiger partial charge in [-0.2, -0.15) is 0 Å². The Morgan fingerprint density at radius 1 is 1.67 bits per heavy atom. The minimum atomic E-state index is 0.320. The van der Waals surface area contributed by atoms with Crippen LogP contribution in [0.4, 0.5) is 5.69 Å². The maximum atomic E-state index is 6.00. The Kier molecular flexibility index (Phi) is 3.44. The monoisotopic (exact) mass is 226 g/mol. The molecule has 2 rings (SSSR count). The number of ether oxygens (including phenoxy) is 1. The molecule has 1 aliphatic rings. The van der Waals surface area contributed by atoms with Gasteiger partial charge in [-0.05, 0) is 31.4 Å². The highest BCUT2D eigenvalue weighted by atomic mass is 35.5. The quantitative estimate of drug-likeness (QED) is 0.805. The molecule has 0 saturated carbocycles. The van der Waals surface area contributed by atoms with Gasteiger partial charge < -0.3 is 10.1 Å². The van der Waals surface area contributed by atoms with Crippen LogP contribution in [0.25, 0.3) is 0 Å². The summed E-state index contributed by atoms with van der Waals surface area (Å²) in [5.41, 5.74) is 2.04. The number of pyridine rings is 1. The van der Waals surface area contributed by atoms with Crippen molar-refractivity contribution < 1.29 is 4.74 Å². The third-order valence-electron chi connectivity index (χ3n) is 2.64. The molecule has 0 aromatic carbocycles. The SMILES string of the molecule is Cc1ccnc(Cl)c1NCC1CCCO1. The molecule has 0 aliphatic carbocycles. The molecule has 0 radical (unpaired) electrons. The van der Waals surface area contributed by atoms with Crippen LogP contribution in [0.15, 0.2) is 12.3 Å². The van der Waals surface area contributed by atoms with Crippen LogP contribution in [0.3, 0.4) is 0 Å². The zero-order chi connectivity index (χ0) is 10.7. The maximum Gasteiger partial charge on any atom is 0.152 e. The second-order valence-electron chi connectivity index (χ2n) is 3.81. The lowest BCUT2D eigenvalue weighted by Gasteiger charge is -2.14. The zero-order valence-electron chi connectivity index (χ0n) is 8.79. The number of aromatic nitrogens is 1. The van der Waals surface area contributed by atoms with Crippen molar-refractivity contribution >= 4 is 17.3 Å². The summed E-state index contributed by atoms with van der Waals surface area (Å²) in [7, 11) is 0. The molecular weight excluding hydrogens is 212 g/mol. The van der Waals surface area contributed by atoms with Crippen LogP contribution in [-0.2, 0) is 4.74 Å². The van der Waals surface area contributed by atoms with Crippen LogP contribution in [-0.4, -0.2) is 24.2 Å². The molecule has 0 spiro atoms. The fourth-order valence-corrected chi connectivity index (χ4v) is 2.03. The van der Waals surface area contributed by atoms with E-state index in [4.69, 9.17) is 16.3 Å². The molecule has 0 amide bonds. The van der Waals surface area contributed by atoms with Gasteiger partial charge in [-0.15, -0.1) is 0 Å². The van der Waals surface area contributed by atoms with Crippen molar-refractivity contribution in [3.05, 3.63) is 23.0 Å². The molecule has 1 N–H and O–H groups in total. The summed E-state index contributed by atoms with van der Waals surface area (Å²) in [6.45, 7) is 3.71. The van der Waals surface area contributed by atoms with Crippen molar-refractivity contribution in [2.45, 2.75) is 25.9 Å². The number of nitrogens with one attached hydrogen (secondary N) is 1. The Hall–Kier alpha value is -0.800. The summed E-state index contributed by atoms with van der Waals surface area (Å²) in [5.74, 6) is 0. The van der Waals surface area contributed by atoms with Crippen molar-refractivity contribution in [3.63, 3.8) is 0 Å². The molecule has 4 heteroatoms. The molecule has 1 aromatic heterocycles. The van der Waals surface area contributed by atoms with E-state index in [-0.39, 0.29) is 0 Å². The number of anilines is 1. The van der Waals surface area contributed by atoms with Gasteiger partial charge in [0, 0.05) is 19.3 Å². The number of nitrogens with zero attached hydrogens (tertiary/aromatic N) is 1. The van der Waals surface area contributed by atoms with Crippen molar-refractivity contribution in [3.8, 4) is 0 Å². The van der Waals surface area contributed by atoms with Crippen LogP contribution in [0.1, 0.15) is 18.4 Å². The minimum absolute atomic E-state index is 0.320. The zero-order valence-corrected chi connectivity index (χ0v) is 9.55. The molecule has 1 unspecified atom stereocenters. The van der Waals surface area contributed by atoms with Crippen LogP contribution in [0.2, 0.25) is 5.15 Å². The Morgan fingerprint density at radius 3 is 3.20 bits per heavy atom. The smallest absolute Gasteiger partial charge is 0.152 e. The summed E-state index contributed by atoms with van der Waals surface area (Å²) in [6, 6.07) is 1.95. The van der Waals surface area contributed by atoms with E-state index in [0.29, 0.717) is 11.3 Å². The number of rotatable bonds is 3. The summed E-state index contributed by atoms with van der Waals surface area (Å²) in [5, 5.41) is 3.84. The molecule has 1 aromatic rings. The number of halogens is 1. The van der Waals surface area contributed by atoms with Gasteiger partial charge in [0.1, 0.15) is 0 Å². The van der Waals surface area contributed by atoms with E-state index in [1.807, 2.05) is 13.0 Å². The van der Waals surface area contributed by atoms with E-state index < -0.39 is 0 Å². The van der Waals surface area contributed by atoms with Crippen molar-refractivity contribution in [2.75, 3.05) is 18.5 Å². The van der Waals surface area contributed by atoms with Gasteiger partial charge in [0.15, 0.2) is 5.15 Å². The predicted molar refractivity (Wildman–Crippen MR) is 61.4 cm³/mol. The van der Waals surface area contributed by atoms with Crippen LogP contribution in [0, 0.1) is 6.92 Å². The number of hydrogen-bond donors (Lipinski definition) is 1. The third kappa shape index (κ3) is 2.61. The maximum absolute atomic E-state index is 6.00. The van der Waals surface area contributed by atoms with Gasteiger partial charge in [0.05, 0.1) is 11.8 Å². The van der Waals surface area contributed by atoms with Crippen molar-refractivity contribution in [2.24, 2.45) is 0 Å². The van der Waals surface area contributed by atoms with E-state index in [2.05, 4.69) is 10.3 Å². The second kappa shape index (κ2) is 4.81. The largest absolute Gasteiger partial charge is 0.380 e. The minimum Gasteiger partial charge on any atom is -0.380 e. The molecular formula is C11H15ClN2O. The predicted octanol–water partition coefficient (Wildman–Crippen LogP) is 2.63. The lowest BCUT2D eigenvalue weighted by atomic mass is 10.2. The lowest BCUT2D eigenvalue weighted by molar-refractivity contribution is 0.120. The van der Waals surface area contributed by atoms with Gasteiger partial charge in [0.2, 0.25) is 0 Å². The highest BCUT2D eigenvalue weighted by molar-refractivity contribution is 6.32. The molecule has 15 heavy (non-hydrogen) atoms. The molecule has 1 atom stereocenters. The topological polar surface area (TPSA) is 34.2 Å². The average molecular weight is 227 g/mol. The molecule has 1 fully saturated rings. The first-order valence-electron chi connectivity index (χ1n) is 5.24. The molecule has 1 saturated heterocycles.